The Bertz CT molecular complexity index is 2080. The summed E-state index contributed by atoms with van der Waals surface area (Å²) in [5.74, 6) is 0. The highest BCUT2D eigenvalue weighted by Gasteiger charge is 2.48. The lowest BCUT2D eigenvalue weighted by Crippen LogP contribution is -2.63. The third-order valence-electron chi connectivity index (χ3n) is 11.2. The van der Waals surface area contributed by atoms with Crippen molar-refractivity contribution in [3.63, 3.8) is 0 Å². The molecule has 48 heavy (non-hydrogen) atoms. The van der Waals surface area contributed by atoms with Crippen LogP contribution in [0.2, 0.25) is 0 Å². The van der Waals surface area contributed by atoms with Gasteiger partial charge in [-0.15, -0.1) is 11.3 Å². The second-order valence-corrected chi connectivity index (χ2v) is 20.3. The molecule has 0 radical (unpaired) electrons. The smallest absolute Gasteiger partial charge is 0.260 e. The third kappa shape index (κ3) is 5.10. The fourth-order valence-corrected chi connectivity index (χ4v) is 9.28. The Morgan fingerprint density at radius 1 is 0.562 bits per heavy atom. The second-order valence-electron chi connectivity index (χ2n) is 19.2. The molecule has 5 aromatic rings. The molecule has 2 aliphatic heterocycles. The van der Waals surface area contributed by atoms with Gasteiger partial charge in [0.25, 0.3) is 6.71 Å². The molecule has 0 amide bonds. The van der Waals surface area contributed by atoms with Crippen molar-refractivity contribution in [1.29, 1.82) is 0 Å². The Labute approximate surface area is 294 Å². The Kier molecular flexibility index (Phi) is 7.17. The molecule has 1 nitrogen and oxygen atoms in total. The molecule has 0 unspecified atom stereocenters. The molecule has 2 aliphatic rings. The molecule has 0 saturated carbocycles. The van der Waals surface area contributed by atoms with Crippen LogP contribution in [0.3, 0.4) is 0 Å². The highest BCUT2D eigenvalue weighted by atomic mass is 32.1. The van der Waals surface area contributed by atoms with Crippen molar-refractivity contribution in [3.8, 4) is 0 Å². The van der Waals surface area contributed by atoms with Crippen molar-refractivity contribution < 1.29 is 0 Å². The number of thiophene rings is 1. The van der Waals surface area contributed by atoms with Gasteiger partial charge in [-0.3, -0.25) is 0 Å². The van der Waals surface area contributed by atoms with E-state index >= 15 is 0 Å². The van der Waals surface area contributed by atoms with E-state index in [9.17, 15) is 0 Å². The van der Waals surface area contributed by atoms with Crippen LogP contribution in [0.25, 0.3) is 10.1 Å². The topological polar surface area (TPSA) is 3.24 Å². The first-order chi connectivity index (χ1) is 22.1. The summed E-state index contributed by atoms with van der Waals surface area (Å²) < 4.78 is 2.84. The van der Waals surface area contributed by atoms with Gasteiger partial charge in [-0.25, -0.2) is 0 Å². The van der Waals surface area contributed by atoms with Crippen LogP contribution >= 0.6 is 11.3 Å². The minimum atomic E-state index is -0.136. The van der Waals surface area contributed by atoms with E-state index in [1.807, 2.05) is 11.3 Å². The molecule has 0 aliphatic carbocycles. The number of anilines is 3. The van der Waals surface area contributed by atoms with Crippen LogP contribution in [-0.2, 0) is 27.1 Å². The van der Waals surface area contributed by atoms with Crippen LogP contribution in [0.4, 0.5) is 17.1 Å². The maximum atomic E-state index is 2.65. The van der Waals surface area contributed by atoms with Gasteiger partial charge in [0.1, 0.15) is 0 Å². The monoisotopic (exact) mass is 651 g/mol. The predicted octanol–water partition coefficient (Wildman–Crippen LogP) is 11.0. The molecule has 7 rings (SSSR count). The average Bonchev–Trinajstić information content (AvgIpc) is 3.35. The highest BCUT2D eigenvalue weighted by Crippen LogP contribution is 2.49. The largest absolute Gasteiger partial charge is 0.310 e. The number of benzene rings is 4. The summed E-state index contributed by atoms with van der Waals surface area (Å²) in [4.78, 5) is 2.65. The molecule has 0 fully saturated rings. The van der Waals surface area contributed by atoms with Crippen molar-refractivity contribution in [2.24, 2.45) is 0 Å². The minimum absolute atomic E-state index is 0.00559. The lowest BCUT2D eigenvalue weighted by Gasteiger charge is -2.46. The number of fused-ring (bicyclic) bond motifs is 6. The molecule has 0 saturated heterocycles. The normalized spacial score (nSPS) is 15.8. The van der Waals surface area contributed by atoms with Crippen molar-refractivity contribution in [2.75, 3.05) is 4.90 Å². The highest BCUT2D eigenvalue weighted by molar-refractivity contribution is 7.33. The Balaban J connectivity index is 1.64. The molecule has 0 spiro atoms. The maximum absolute atomic E-state index is 2.65. The van der Waals surface area contributed by atoms with Crippen LogP contribution in [0.15, 0.2) is 72.8 Å². The molecule has 3 heteroatoms. The second kappa shape index (κ2) is 10.4. The minimum Gasteiger partial charge on any atom is -0.310 e. The molecule has 1 aromatic heterocycles. The summed E-state index contributed by atoms with van der Waals surface area (Å²) in [5, 5.41) is 1.37. The molecular weight excluding hydrogens is 597 g/mol. The Morgan fingerprint density at radius 3 is 1.69 bits per heavy atom. The van der Waals surface area contributed by atoms with Crippen molar-refractivity contribution in [2.45, 2.75) is 124 Å². The summed E-state index contributed by atoms with van der Waals surface area (Å²) in [7, 11) is 0. The zero-order valence-corrected chi connectivity index (χ0v) is 32.7. The van der Waals surface area contributed by atoms with Crippen molar-refractivity contribution in [1.82, 2.24) is 0 Å². The quantitative estimate of drug-likeness (QED) is 0.160. The number of hydrogen-bond acceptors (Lipinski definition) is 2. The van der Waals surface area contributed by atoms with Crippen LogP contribution < -0.4 is 20.6 Å². The first kappa shape index (κ1) is 33.2. The van der Waals surface area contributed by atoms with E-state index in [-0.39, 0.29) is 33.8 Å². The van der Waals surface area contributed by atoms with Gasteiger partial charge in [-0.2, -0.15) is 0 Å². The predicted molar refractivity (Wildman–Crippen MR) is 215 cm³/mol. The molecule has 3 heterocycles. The number of hydrogen-bond donors (Lipinski definition) is 0. The van der Waals surface area contributed by atoms with Gasteiger partial charge in [0.15, 0.2) is 0 Å². The molecule has 0 bridgehead atoms. The van der Waals surface area contributed by atoms with E-state index in [4.69, 9.17) is 0 Å². The van der Waals surface area contributed by atoms with E-state index in [1.165, 1.54) is 76.2 Å². The van der Waals surface area contributed by atoms with Crippen LogP contribution in [0, 0.1) is 0 Å². The molecular formula is C45H54BNS. The summed E-state index contributed by atoms with van der Waals surface area (Å²) in [6.07, 6.45) is 0. The van der Waals surface area contributed by atoms with Gasteiger partial charge < -0.3 is 4.90 Å². The van der Waals surface area contributed by atoms with Gasteiger partial charge in [-0.1, -0.05) is 145 Å². The third-order valence-corrected chi connectivity index (χ3v) is 12.4. The number of rotatable bonds is 1. The lowest BCUT2D eigenvalue weighted by atomic mass is 9.32. The summed E-state index contributed by atoms with van der Waals surface area (Å²) in [5.41, 5.74) is 15.5. The lowest BCUT2D eigenvalue weighted by molar-refractivity contribution is 0.580. The fourth-order valence-electron chi connectivity index (χ4n) is 7.98. The molecule has 0 N–H and O–H groups in total. The standard InChI is InChI=1S/C45H54BNS/c1-41(2,3)27-15-19-31(20-16-27)47-36-26-30(44(10,11)12)24-34-38(36)46(35-25-29(43(7,8)9)17-21-33(35)45(34,13)14)40-39(47)32-23-28(42(4,5)6)18-22-37(32)48-40/h15-26H,1-14H3. The summed E-state index contributed by atoms with van der Waals surface area (Å²) in [6.45, 7) is 33.2. The first-order valence-electron chi connectivity index (χ1n) is 17.9. The Morgan fingerprint density at radius 2 is 1.10 bits per heavy atom. The number of nitrogens with zero attached hydrogens (tertiary/aromatic N) is 1. The van der Waals surface area contributed by atoms with Gasteiger partial charge in [-0.05, 0) is 90.8 Å². The van der Waals surface area contributed by atoms with E-state index in [2.05, 4.69) is 175 Å². The van der Waals surface area contributed by atoms with Gasteiger partial charge >= 0.3 is 0 Å². The fraction of sp³-hybridized carbons (Fsp3) is 0.422. The molecule has 0 atom stereocenters. The van der Waals surface area contributed by atoms with Crippen molar-refractivity contribution >= 4 is 60.9 Å². The SMILES string of the molecule is CC(C)(C)c1ccc(N2c3cc(C(C)(C)C)cc4c3B(c3cc(C(C)(C)C)ccc3C4(C)C)c3sc4ccc(C(C)(C)C)cc4c32)cc1. The molecule has 4 aromatic carbocycles. The van der Waals surface area contributed by atoms with Crippen LogP contribution in [0.5, 0.6) is 0 Å². The van der Waals surface area contributed by atoms with E-state index in [1.54, 1.807) is 0 Å². The van der Waals surface area contributed by atoms with Gasteiger partial charge in [0, 0.05) is 31.7 Å². The van der Waals surface area contributed by atoms with E-state index in [0.29, 0.717) is 0 Å². The average molecular weight is 652 g/mol. The van der Waals surface area contributed by atoms with Crippen LogP contribution in [0.1, 0.15) is 130 Å². The van der Waals surface area contributed by atoms with Gasteiger partial charge in [0.05, 0.1) is 5.69 Å². The molecule has 248 valence electrons. The van der Waals surface area contributed by atoms with E-state index in [0.717, 1.165) is 0 Å². The first-order valence-corrected chi connectivity index (χ1v) is 18.7. The zero-order valence-electron chi connectivity index (χ0n) is 31.9. The zero-order chi connectivity index (χ0) is 34.9. The van der Waals surface area contributed by atoms with E-state index < -0.39 is 0 Å². The summed E-state index contributed by atoms with van der Waals surface area (Å²) in [6, 6.07) is 29.2. The van der Waals surface area contributed by atoms with Gasteiger partial charge in [0.2, 0.25) is 0 Å². The van der Waals surface area contributed by atoms with Crippen LogP contribution in [-0.4, -0.2) is 6.71 Å². The maximum Gasteiger partial charge on any atom is 0.260 e. The summed E-state index contributed by atoms with van der Waals surface area (Å²) >= 11 is 2.01. The van der Waals surface area contributed by atoms with Crippen molar-refractivity contribution in [3.05, 3.63) is 106 Å². The Hall–Kier alpha value is -3.30.